The van der Waals surface area contributed by atoms with Gasteiger partial charge in [-0.25, -0.2) is 9.55 Å². The van der Waals surface area contributed by atoms with E-state index in [0.717, 1.165) is 53.0 Å². The van der Waals surface area contributed by atoms with Crippen LogP contribution in [0.25, 0.3) is 0 Å². The number of pyridine rings is 1. The zero-order chi connectivity index (χ0) is 36.4. The number of thioether (sulfide) groups is 1. The van der Waals surface area contributed by atoms with E-state index in [4.69, 9.17) is 15.8 Å². The fourth-order valence-electron chi connectivity index (χ4n) is 6.65. The fraction of sp³-hybridized carbons (Fsp3) is 0.333. The lowest BCUT2D eigenvalue weighted by molar-refractivity contribution is -0.688. The minimum Gasteiger partial charge on any atom is -0.543 e. The van der Waals surface area contributed by atoms with Crippen molar-refractivity contribution in [2.45, 2.75) is 62.7 Å². The van der Waals surface area contributed by atoms with E-state index >= 15 is 0 Å². The molecule has 14 nitrogen and oxygen atoms in total. The van der Waals surface area contributed by atoms with Crippen molar-refractivity contribution in [1.82, 2.24) is 20.1 Å². The normalized spacial score (nSPS) is 21.3. The summed E-state index contributed by atoms with van der Waals surface area (Å²) in [7, 11) is 0. The molecule has 0 bridgehead atoms. The fourth-order valence-corrected chi connectivity index (χ4v) is 8.50. The maximum Gasteiger partial charge on any atom is 0.276 e. The van der Waals surface area contributed by atoms with Gasteiger partial charge in [-0.2, -0.15) is 5.26 Å². The highest BCUT2D eigenvalue weighted by Gasteiger charge is 2.53. The largest absolute Gasteiger partial charge is 0.543 e. The summed E-state index contributed by atoms with van der Waals surface area (Å²) in [6.07, 6.45) is 9.39. The number of thiazole rings is 1. The van der Waals surface area contributed by atoms with Gasteiger partial charge in [0, 0.05) is 47.5 Å². The molecule has 3 fully saturated rings. The zero-order valence-corrected chi connectivity index (χ0v) is 29.5. The van der Waals surface area contributed by atoms with Crippen molar-refractivity contribution in [2.24, 2.45) is 5.16 Å². The number of nitriles is 1. The number of allylic oxidation sites excluding steroid dienone is 1. The Morgan fingerprint density at radius 1 is 1.15 bits per heavy atom. The summed E-state index contributed by atoms with van der Waals surface area (Å²) in [4.78, 5) is 65.3. The van der Waals surface area contributed by atoms with Gasteiger partial charge in [0.1, 0.15) is 23.2 Å². The van der Waals surface area contributed by atoms with Gasteiger partial charge < -0.3 is 30.7 Å². The molecule has 3 aliphatic heterocycles. The Morgan fingerprint density at radius 2 is 1.90 bits per heavy atom. The molecule has 2 aromatic heterocycles. The van der Waals surface area contributed by atoms with E-state index in [0.29, 0.717) is 42.8 Å². The predicted molar refractivity (Wildman–Crippen MR) is 188 cm³/mol. The van der Waals surface area contributed by atoms with Crippen LogP contribution in [0.1, 0.15) is 54.5 Å². The number of amides is 3. The number of carboxylic acids is 1. The van der Waals surface area contributed by atoms with Gasteiger partial charge in [0.05, 0.1) is 23.3 Å². The molecule has 2 saturated heterocycles. The highest BCUT2D eigenvalue weighted by atomic mass is 32.2. The Morgan fingerprint density at radius 3 is 2.58 bits per heavy atom. The number of carbonyl (C=O) groups is 4. The number of rotatable bonds is 11. The number of anilines is 1. The minimum atomic E-state index is -1.54. The van der Waals surface area contributed by atoms with Gasteiger partial charge in [-0.05, 0) is 61.4 Å². The number of carbonyl (C=O) groups excluding carboxylic acids is 4. The van der Waals surface area contributed by atoms with Gasteiger partial charge >= 0.3 is 0 Å². The van der Waals surface area contributed by atoms with Crippen molar-refractivity contribution in [2.75, 3.05) is 18.0 Å². The van der Waals surface area contributed by atoms with Crippen molar-refractivity contribution < 1.29 is 33.7 Å². The van der Waals surface area contributed by atoms with E-state index < -0.39 is 29.2 Å². The second kappa shape index (κ2) is 15.0. The van der Waals surface area contributed by atoms with Gasteiger partial charge in [-0.3, -0.25) is 19.3 Å². The smallest absolute Gasteiger partial charge is 0.276 e. The van der Waals surface area contributed by atoms with Crippen LogP contribution in [0, 0.1) is 11.3 Å². The van der Waals surface area contributed by atoms with Crippen LogP contribution in [0.15, 0.2) is 82.2 Å². The van der Waals surface area contributed by atoms with E-state index in [1.165, 1.54) is 11.8 Å². The molecule has 0 radical (unpaired) electrons. The summed E-state index contributed by atoms with van der Waals surface area (Å²) < 4.78 is 2.01. The van der Waals surface area contributed by atoms with Gasteiger partial charge in [0.25, 0.3) is 11.8 Å². The quantitative estimate of drug-likeness (QED) is 0.0953. The number of nitrogens with one attached hydrogen (secondary N) is 1. The Balaban J connectivity index is 1.00. The van der Waals surface area contributed by atoms with Gasteiger partial charge in [-0.1, -0.05) is 17.3 Å². The molecule has 3 aromatic rings. The number of likely N-dealkylation sites (tertiary alicyclic amines) is 1. The molecule has 16 heteroatoms. The first-order valence-electron chi connectivity index (χ1n) is 16.8. The first kappa shape index (κ1) is 34.9. The molecule has 52 heavy (non-hydrogen) atoms. The summed E-state index contributed by atoms with van der Waals surface area (Å²) >= 11 is 2.42. The molecule has 7 rings (SSSR count). The van der Waals surface area contributed by atoms with Crippen LogP contribution in [0.5, 0.6) is 0 Å². The molecular weight excluding hydrogens is 705 g/mol. The predicted octanol–water partition coefficient (Wildman–Crippen LogP) is 1.36. The minimum absolute atomic E-state index is 0.116. The summed E-state index contributed by atoms with van der Waals surface area (Å²) in [5.74, 6) is -2.87. The summed E-state index contributed by atoms with van der Waals surface area (Å²) in [5.41, 5.74) is 8.94. The number of fused-ring (bicyclic) bond motifs is 1. The number of nitrogens with two attached hydrogens (primary N) is 1. The van der Waals surface area contributed by atoms with Crippen molar-refractivity contribution in [1.29, 1.82) is 5.26 Å². The number of carboxylic acid groups (broad SMARTS) is 1. The number of aromatic nitrogens is 2. The third kappa shape index (κ3) is 7.28. The van der Waals surface area contributed by atoms with Crippen LogP contribution in [0.3, 0.4) is 0 Å². The van der Waals surface area contributed by atoms with Crippen molar-refractivity contribution in [3.8, 4) is 6.07 Å². The highest BCUT2D eigenvalue weighted by molar-refractivity contribution is 8.00. The molecule has 0 spiro atoms. The zero-order valence-electron chi connectivity index (χ0n) is 27.9. The van der Waals surface area contributed by atoms with Crippen LogP contribution in [-0.2, 0) is 37.1 Å². The average Bonchev–Trinajstić information content (AvgIpc) is 3.91. The van der Waals surface area contributed by atoms with Crippen LogP contribution in [-0.4, -0.2) is 74.0 Å². The van der Waals surface area contributed by atoms with E-state index in [2.05, 4.69) is 21.5 Å². The van der Waals surface area contributed by atoms with Gasteiger partial charge in [0.2, 0.25) is 5.91 Å². The van der Waals surface area contributed by atoms with Crippen LogP contribution in [0.4, 0.5) is 5.13 Å². The molecule has 0 unspecified atom stereocenters. The number of oxime groups is 1. The molecular formula is C36H34N8O6S2. The lowest BCUT2D eigenvalue weighted by Crippen LogP contribution is -2.71. The maximum absolute atomic E-state index is 13.4. The molecule has 2 atom stereocenters. The van der Waals surface area contributed by atoms with Gasteiger partial charge in [-0.15, -0.1) is 23.1 Å². The number of hydrogen-bond donors (Lipinski definition) is 2. The molecule has 4 aliphatic rings. The molecule has 3 N–H and O–H groups in total. The van der Waals surface area contributed by atoms with E-state index in [1.807, 2.05) is 41.2 Å². The molecule has 1 saturated carbocycles. The molecule has 5 heterocycles. The molecule has 1 aliphatic carbocycles. The maximum atomic E-state index is 13.4. The van der Waals surface area contributed by atoms with Crippen molar-refractivity contribution >= 4 is 57.6 Å². The Hall–Kier alpha value is -5.53. The number of β-lactam (4-membered cyclic amide) rings is 1. The topological polar surface area (TPSA) is 198 Å². The number of aliphatic carboxylic acids is 1. The first-order chi connectivity index (χ1) is 25.2. The van der Waals surface area contributed by atoms with E-state index in [1.54, 1.807) is 28.5 Å². The second-order valence-corrected chi connectivity index (χ2v) is 14.9. The van der Waals surface area contributed by atoms with Crippen LogP contribution < -0.4 is 20.7 Å². The molecule has 266 valence electrons. The Labute approximate surface area is 307 Å². The summed E-state index contributed by atoms with van der Waals surface area (Å²) in [5, 5.41) is 29.3. The van der Waals surface area contributed by atoms with Crippen LogP contribution >= 0.6 is 23.1 Å². The summed E-state index contributed by atoms with van der Waals surface area (Å²) in [6, 6.07) is 12.4. The SMILES string of the molecule is N#Cc1ccc(C[n+]2ccc(CN3CCC(=CC4=C(C(=O)[O-])N5C(=O)[C@@H](NC(=O)/C(=N\OC6CCCC6)c6csc(N)n6)[C@H]5SC4)C3=O)cc2)cc1. The molecule has 1 aromatic carbocycles. The third-order valence-electron chi connectivity index (χ3n) is 9.40. The van der Waals surface area contributed by atoms with Crippen LogP contribution in [0.2, 0.25) is 0 Å². The lowest BCUT2D eigenvalue weighted by Gasteiger charge is -2.50. The lowest BCUT2D eigenvalue weighted by atomic mass is 10.0. The average molecular weight is 739 g/mol. The standard InChI is InChI=1S/C36H34N8O6S2/c37-16-21-5-7-22(8-6-21)17-42-12-9-23(10-13-42)18-43-14-11-24(32(43)46)15-25-19-51-34-29(33(47)44(34)30(25)35(48)49)40-31(45)28(27-20-52-36(38)39-27)41-50-26-3-1-2-4-26/h5-10,12-13,15,20,26,29,34H,1-4,11,14,17-19H2,(H3-,38,39,40,45,48,49)/b24-15?,41-28-/t29-,34-/m1/s1. The number of nitrogen functional groups attached to an aromatic ring is 1. The Kier molecular flexibility index (Phi) is 10.1. The number of nitrogens with zero attached hydrogens (tertiary/aromatic N) is 6. The molecule has 3 amide bonds. The van der Waals surface area contributed by atoms with Crippen molar-refractivity contribution in [3.05, 3.63) is 99.5 Å². The monoisotopic (exact) mass is 738 g/mol. The summed E-state index contributed by atoms with van der Waals surface area (Å²) in [6.45, 7) is 1.48. The first-order valence-corrected chi connectivity index (χ1v) is 18.7. The number of hydrogen-bond acceptors (Lipinski definition) is 12. The van der Waals surface area contributed by atoms with Gasteiger partial charge in [0.15, 0.2) is 29.8 Å². The van der Waals surface area contributed by atoms with Crippen molar-refractivity contribution in [3.63, 3.8) is 0 Å². The van der Waals surface area contributed by atoms with E-state index in [-0.39, 0.29) is 40.0 Å². The Bertz CT molecular complexity index is 2050. The second-order valence-electron chi connectivity index (χ2n) is 12.9. The number of benzene rings is 1. The van der Waals surface area contributed by atoms with E-state index in [9.17, 15) is 24.3 Å². The third-order valence-corrected chi connectivity index (χ3v) is 11.4. The highest BCUT2D eigenvalue weighted by Crippen LogP contribution is 2.41.